The molecule has 1 aliphatic heterocycles. The summed E-state index contributed by atoms with van der Waals surface area (Å²) in [5, 5.41) is 5.34. The second-order valence-corrected chi connectivity index (χ2v) is 8.15. The summed E-state index contributed by atoms with van der Waals surface area (Å²) in [4.78, 5) is 38.7. The number of nitrogens with zero attached hydrogens (tertiary/aromatic N) is 1. The fourth-order valence-electron chi connectivity index (χ4n) is 3.73. The number of rotatable bonds is 8. The van der Waals surface area contributed by atoms with Crippen molar-refractivity contribution in [1.29, 1.82) is 0 Å². The highest BCUT2D eigenvalue weighted by Crippen LogP contribution is 2.28. The molecule has 34 heavy (non-hydrogen) atoms. The van der Waals surface area contributed by atoms with Crippen molar-refractivity contribution < 1.29 is 23.5 Å². The third kappa shape index (κ3) is 5.06. The first kappa shape index (κ1) is 23.0. The minimum absolute atomic E-state index is 0.233. The Kier molecular flexibility index (Phi) is 6.58. The third-order valence-electron chi connectivity index (χ3n) is 5.63. The highest BCUT2D eigenvalue weighted by Gasteiger charge is 2.49. The number of imide groups is 1. The molecule has 8 heteroatoms. The fourth-order valence-corrected chi connectivity index (χ4v) is 3.73. The fraction of sp³-hybridized carbons (Fsp3) is 0.192. The molecule has 174 valence electrons. The zero-order chi connectivity index (χ0) is 24.1. The van der Waals surface area contributed by atoms with Gasteiger partial charge in [0.1, 0.15) is 30.3 Å². The summed E-state index contributed by atoms with van der Waals surface area (Å²) in [6.45, 7) is 1.73. The van der Waals surface area contributed by atoms with Gasteiger partial charge in [0.15, 0.2) is 0 Å². The highest BCUT2D eigenvalue weighted by atomic mass is 19.1. The van der Waals surface area contributed by atoms with Gasteiger partial charge in [0.2, 0.25) is 5.91 Å². The standard InChI is InChI=1S/C26H24FN3O4/c1-26(20-10-12-21(27)13-11-20)24(32)30(25(33)29-26)16-23(31)28-15-18-6-5-7-19(14-18)17-34-22-8-3-2-4-9-22/h2-14H,15-17H2,1H3,(H,28,31)(H,29,33). The molecule has 0 spiro atoms. The second-order valence-electron chi connectivity index (χ2n) is 8.15. The first-order chi connectivity index (χ1) is 16.3. The summed E-state index contributed by atoms with van der Waals surface area (Å²) in [6.07, 6.45) is 0. The number of nitrogens with one attached hydrogen (secondary N) is 2. The van der Waals surface area contributed by atoms with Gasteiger partial charge in [0.05, 0.1) is 0 Å². The second kappa shape index (κ2) is 9.74. The normalized spacial score (nSPS) is 17.4. The Morgan fingerprint density at radius 1 is 1.00 bits per heavy atom. The Morgan fingerprint density at radius 2 is 1.71 bits per heavy atom. The van der Waals surface area contributed by atoms with Crippen molar-refractivity contribution in [2.24, 2.45) is 0 Å². The third-order valence-corrected chi connectivity index (χ3v) is 5.63. The van der Waals surface area contributed by atoms with Crippen LogP contribution in [0.25, 0.3) is 0 Å². The number of ether oxygens (including phenoxy) is 1. The summed E-state index contributed by atoms with van der Waals surface area (Å²) < 4.78 is 19.0. The molecule has 3 aromatic carbocycles. The average molecular weight is 461 g/mol. The van der Waals surface area contributed by atoms with Crippen molar-refractivity contribution in [3.8, 4) is 5.75 Å². The molecule has 1 fully saturated rings. The molecule has 1 heterocycles. The topological polar surface area (TPSA) is 87.7 Å². The molecule has 1 unspecified atom stereocenters. The van der Waals surface area contributed by atoms with Crippen LogP contribution < -0.4 is 15.4 Å². The molecule has 4 rings (SSSR count). The van der Waals surface area contributed by atoms with Crippen molar-refractivity contribution in [3.63, 3.8) is 0 Å². The van der Waals surface area contributed by atoms with Crippen LogP contribution in [0.4, 0.5) is 9.18 Å². The van der Waals surface area contributed by atoms with Crippen LogP contribution in [0.5, 0.6) is 5.75 Å². The quantitative estimate of drug-likeness (QED) is 0.503. The lowest BCUT2D eigenvalue weighted by atomic mass is 9.92. The zero-order valence-corrected chi connectivity index (χ0v) is 18.6. The number of carbonyl (C=O) groups excluding carboxylic acids is 3. The Balaban J connectivity index is 1.33. The monoisotopic (exact) mass is 461 g/mol. The smallest absolute Gasteiger partial charge is 0.325 e. The van der Waals surface area contributed by atoms with Gasteiger partial charge in [-0.15, -0.1) is 0 Å². The summed E-state index contributed by atoms with van der Waals surface area (Å²) >= 11 is 0. The Hall–Kier alpha value is -4.20. The van der Waals surface area contributed by atoms with Gasteiger partial charge in [-0.05, 0) is 47.9 Å². The molecule has 0 radical (unpaired) electrons. The summed E-state index contributed by atoms with van der Waals surface area (Å²) in [5.74, 6) is -0.726. The number of para-hydroxylation sites is 1. The minimum Gasteiger partial charge on any atom is -0.489 e. The van der Waals surface area contributed by atoms with Gasteiger partial charge in [-0.2, -0.15) is 0 Å². The van der Waals surface area contributed by atoms with Crippen molar-refractivity contribution in [2.75, 3.05) is 6.54 Å². The van der Waals surface area contributed by atoms with Crippen molar-refractivity contribution in [2.45, 2.75) is 25.6 Å². The van der Waals surface area contributed by atoms with Gasteiger partial charge in [0.25, 0.3) is 5.91 Å². The van der Waals surface area contributed by atoms with E-state index in [0.717, 1.165) is 21.8 Å². The van der Waals surface area contributed by atoms with Crippen LogP contribution in [0.15, 0.2) is 78.9 Å². The van der Waals surface area contributed by atoms with E-state index in [4.69, 9.17) is 4.74 Å². The van der Waals surface area contributed by atoms with Gasteiger partial charge in [-0.1, -0.05) is 54.6 Å². The minimum atomic E-state index is -1.36. The van der Waals surface area contributed by atoms with E-state index in [9.17, 15) is 18.8 Å². The lowest BCUT2D eigenvalue weighted by Gasteiger charge is -2.22. The van der Waals surface area contributed by atoms with Crippen molar-refractivity contribution in [1.82, 2.24) is 15.5 Å². The molecule has 0 aliphatic carbocycles. The predicted molar refractivity (Wildman–Crippen MR) is 123 cm³/mol. The maximum absolute atomic E-state index is 13.2. The lowest BCUT2D eigenvalue weighted by Crippen LogP contribution is -2.43. The van der Waals surface area contributed by atoms with E-state index in [0.29, 0.717) is 12.2 Å². The van der Waals surface area contributed by atoms with Crippen molar-refractivity contribution in [3.05, 3.63) is 101 Å². The molecule has 1 saturated heterocycles. The van der Waals surface area contributed by atoms with Gasteiger partial charge in [-0.25, -0.2) is 9.18 Å². The molecule has 0 saturated carbocycles. The van der Waals surface area contributed by atoms with Crippen LogP contribution in [0.3, 0.4) is 0 Å². The number of benzene rings is 3. The van der Waals surface area contributed by atoms with E-state index in [-0.39, 0.29) is 6.54 Å². The molecule has 7 nitrogen and oxygen atoms in total. The molecule has 3 aromatic rings. The van der Waals surface area contributed by atoms with Gasteiger partial charge in [-0.3, -0.25) is 14.5 Å². The molecule has 1 atom stereocenters. The predicted octanol–water partition coefficient (Wildman–Crippen LogP) is 3.49. The Morgan fingerprint density at radius 3 is 2.44 bits per heavy atom. The highest BCUT2D eigenvalue weighted by molar-refractivity contribution is 6.09. The zero-order valence-electron chi connectivity index (χ0n) is 18.6. The molecule has 1 aliphatic rings. The van der Waals surface area contributed by atoms with E-state index in [2.05, 4.69) is 10.6 Å². The molecule has 0 bridgehead atoms. The van der Waals surface area contributed by atoms with Crippen LogP contribution in [-0.2, 0) is 28.3 Å². The largest absolute Gasteiger partial charge is 0.489 e. The number of hydrogen-bond donors (Lipinski definition) is 2. The number of carbonyl (C=O) groups is 3. The SMILES string of the molecule is CC1(c2ccc(F)cc2)NC(=O)N(CC(=O)NCc2cccc(COc3ccccc3)c2)C1=O. The number of hydrogen-bond acceptors (Lipinski definition) is 4. The molecule has 4 amide bonds. The van der Waals surface area contributed by atoms with Crippen LogP contribution in [-0.4, -0.2) is 29.3 Å². The number of amides is 4. The summed E-state index contributed by atoms with van der Waals surface area (Å²) in [5.41, 5.74) is 0.873. The lowest BCUT2D eigenvalue weighted by molar-refractivity contribution is -0.134. The van der Waals surface area contributed by atoms with Gasteiger partial charge >= 0.3 is 6.03 Å². The van der Waals surface area contributed by atoms with E-state index < -0.39 is 35.7 Å². The molecule has 0 aromatic heterocycles. The molecular weight excluding hydrogens is 437 g/mol. The van der Waals surface area contributed by atoms with E-state index >= 15 is 0 Å². The summed E-state index contributed by atoms with van der Waals surface area (Å²) in [7, 11) is 0. The summed E-state index contributed by atoms with van der Waals surface area (Å²) in [6, 6.07) is 21.7. The maximum Gasteiger partial charge on any atom is 0.325 e. The maximum atomic E-state index is 13.2. The van der Waals surface area contributed by atoms with Crippen LogP contribution >= 0.6 is 0 Å². The number of halogens is 1. The van der Waals surface area contributed by atoms with Crippen LogP contribution in [0.2, 0.25) is 0 Å². The Labute approximate surface area is 196 Å². The van der Waals surface area contributed by atoms with Crippen LogP contribution in [0.1, 0.15) is 23.6 Å². The molecule has 2 N–H and O–H groups in total. The van der Waals surface area contributed by atoms with Crippen LogP contribution in [0, 0.1) is 5.82 Å². The number of urea groups is 1. The van der Waals surface area contributed by atoms with E-state index in [1.807, 2.05) is 54.6 Å². The Bertz CT molecular complexity index is 1200. The van der Waals surface area contributed by atoms with E-state index in [1.165, 1.54) is 31.2 Å². The van der Waals surface area contributed by atoms with Gasteiger partial charge in [0, 0.05) is 6.54 Å². The first-order valence-corrected chi connectivity index (χ1v) is 10.8. The average Bonchev–Trinajstić information content (AvgIpc) is 3.06. The van der Waals surface area contributed by atoms with Crippen molar-refractivity contribution >= 4 is 17.8 Å². The first-order valence-electron chi connectivity index (χ1n) is 10.8. The van der Waals surface area contributed by atoms with Gasteiger partial charge < -0.3 is 15.4 Å². The van der Waals surface area contributed by atoms with E-state index in [1.54, 1.807) is 0 Å². The molecular formula is C26H24FN3O4.